The highest BCUT2D eigenvalue weighted by atomic mass is 16.5. The standard InChI is InChI=1S/C72H94N2O6/c1-7-13-19-29-43-75-65-41-39-56(50-58(54-74)64-52-68(78-46-32-22-16-10-4)60-36-26-28-38-62(60)72(64)80-48-34-24-18-12-6)70-66(76-44-30-20-14-8-2)42-40-55(69(65)70)49-57(53-73)63-51-67(77-45-31-21-15-9-3)59-35-25-27-37-61(59)71(63)79-47-33-23-17-11-5/h25-28,35-42,49-52H,7-24,29-34,43-48H2,1-6H3/b57-49+,58-50+. The van der Waals surface area contributed by atoms with E-state index in [4.69, 9.17) is 28.4 Å². The average Bonchev–Trinajstić information content (AvgIpc) is 3.57. The van der Waals surface area contributed by atoms with Crippen LogP contribution in [0.15, 0.2) is 84.9 Å². The Bertz CT molecular complexity index is 2780. The molecule has 80 heavy (non-hydrogen) atoms. The molecule has 6 aromatic carbocycles. The first-order chi connectivity index (χ1) is 39.5. The second-order valence-electron chi connectivity index (χ2n) is 21.4. The number of hydrogen-bond acceptors (Lipinski definition) is 8. The summed E-state index contributed by atoms with van der Waals surface area (Å²) in [5.74, 6) is 4.21. The van der Waals surface area contributed by atoms with E-state index in [2.05, 4.69) is 90.1 Å². The van der Waals surface area contributed by atoms with Gasteiger partial charge in [0, 0.05) is 43.4 Å². The molecule has 0 aliphatic rings. The van der Waals surface area contributed by atoms with E-state index in [9.17, 15) is 10.5 Å². The molecule has 0 unspecified atom stereocenters. The first-order valence-electron chi connectivity index (χ1n) is 31.2. The summed E-state index contributed by atoms with van der Waals surface area (Å²) >= 11 is 0. The molecule has 8 heteroatoms. The van der Waals surface area contributed by atoms with Gasteiger partial charge < -0.3 is 28.4 Å². The Morgan fingerprint density at radius 2 is 0.625 bits per heavy atom. The molecule has 0 amide bonds. The Labute approximate surface area is 481 Å². The molecule has 0 saturated heterocycles. The predicted molar refractivity (Wildman–Crippen MR) is 337 cm³/mol. The van der Waals surface area contributed by atoms with Crippen LogP contribution in [0, 0.1) is 22.7 Å². The number of fused-ring (bicyclic) bond motifs is 3. The average molecular weight is 1080 g/mol. The van der Waals surface area contributed by atoms with Crippen LogP contribution in [0.1, 0.15) is 218 Å². The second kappa shape index (κ2) is 35.9. The van der Waals surface area contributed by atoms with Gasteiger partial charge in [0.25, 0.3) is 0 Å². The number of nitrogens with zero attached hydrogens (tertiary/aromatic N) is 2. The van der Waals surface area contributed by atoms with Gasteiger partial charge >= 0.3 is 0 Å². The van der Waals surface area contributed by atoms with Crippen LogP contribution in [0.3, 0.4) is 0 Å². The largest absolute Gasteiger partial charge is 0.493 e. The monoisotopic (exact) mass is 1080 g/mol. The lowest BCUT2D eigenvalue weighted by atomic mass is 9.92. The molecule has 8 nitrogen and oxygen atoms in total. The summed E-state index contributed by atoms with van der Waals surface area (Å²) in [6.07, 6.45) is 29.6. The van der Waals surface area contributed by atoms with Crippen LogP contribution in [0.5, 0.6) is 34.5 Å². The fourth-order valence-electron chi connectivity index (χ4n) is 10.4. The lowest BCUT2D eigenvalue weighted by molar-refractivity contribution is 0.301. The molecule has 0 bridgehead atoms. The number of nitriles is 2. The molecular weight excluding hydrogens is 989 g/mol. The second-order valence-corrected chi connectivity index (χ2v) is 21.4. The number of hydrogen-bond donors (Lipinski definition) is 0. The summed E-state index contributed by atoms with van der Waals surface area (Å²) in [6, 6.07) is 34.0. The van der Waals surface area contributed by atoms with Crippen molar-refractivity contribution in [2.45, 2.75) is 196 Å². The molecular formula is C72H94N2O6. The third kappa shape index (κ3) is 18.2. The summed E-state index contributed by atoms with van der Waals surface area (Å²) in [7, 11) is 0. The van der Waals surface area contributed by atoms with Gasteiger partial charge in [0.15, 0.2) is 0 Å². The molecule has 0 fully saturated rings. The van der Waals surface area contributed by atoms with Crippen molar-refractivity contribution in [3.8, 4) is 46.6 Å². The summed E-state index contributed by atoms with van der Waals surface area (Å²) in [4.78, 5) is 0. The van der Waals surface area contributed by atoms with Crippen molar-refractivity contribution in [2.24, 2.45) is 0 Å². The molecule has 0 saturated carbocycles. The minimum absolute atomic E-state index is 0.441. The Kier molecular flexibility index (Phi) is 28.0. The Hall–Kier alpha value is -6.64. The molecule has 428 valence electrons. The SMILES string of the molecule is CCCCCCOc1cc(/C(C#N)=C/c2ccc(OCCCCCC)c3c(/C=C(\C#N)c4cc(OCCCCCC)c5ccccc5c4OCCCCCC)ccc(OCCCCCC)c23)c(OCCCCCC)c2ccccc12. The number of rotatable bonds is 40. The van der Waals surface area contributed by atoms with E-state index < -0.39 is 0 Å². The highest BCUT2D eigenvalue weighted by Crippen LogP contribution is 2.46. The van der Waals surface area contributed by atoms with E-state index in [1.807, 2.05) is 60.7 Å². The first-order valence-corrected chi connectivity index (χ1v) is 31.2. The number of unbranched alkanes of at least 4 members (excludes halogenated alkanes) is 18. The molecule has 0 spiro atoms. The van der Waals surface area contributed by atoms with Crippen molar-refractivity contribution < 1.29 is 28.4 Å². The van der Waals surface area contributed by atoms with Gasteiger partial charge in [0.2, 0.25) is 0 Å². The highest BCUT2D eigenvalue weighted by Gasteiger charge is 2.23. The lowest BCUT2D eigenvalue weighted by Gasteiger charge is -2.20. The minimum atomic E-state index is 0.441. The van der Waals surface area contributed by atoms with Crippen LogP contribution in [0.4, 0.5) is 0 Å². The van der Waals surface area contributed by atoms with Gasteiger partial charge in [-0.3, -0.25) is 0 Å². The van der Waals surface area contributed by atoms with Crippen molar-refractivity contribution in [3.63, 3.8) is 0 Å². The maximum absolute atomic E-state index is 11.5. The molecule has 0 radical (unpaired) electrons. The van der Waals surface area contributed by atoms with Crippen molar-refractivity contribution in [2.75, 3.05) is 39.6 Å². The van der Waals surface area contributed by atoms with Crippen molar-refractivity contribution in [1.82, 2.24) is 0 Å². The maximum atomic E-state index is 11.5. The number of benzene rings is 6. The van der Waals surface area contributed by atoms with E-state index >= 15 is 0 Å². The van der Waals surface area contributed by atoms with Gasteiger partial charge in [-0.15, -0.1) is 0 Å². The summed E-state index contributed by atoms with van der Waals surface area (Å²) < 4.78 is 40.6. The van der Waals surface area contributed by atoms with Gasteiger partial charge in [0.05, 0.1) is 62.9 Å². The maximum Gasteiger partial charge on any atom is 0.135 e. The van der Waals surface area contributed by atoms with Gasteiger partial charge in [-0.2, -0.15) is 10.5 Å². The van der Waals surface area contributed by atoms with E-state index in [1.165, 1.54) is 0 Å². The zero-order valence-corrected chi connectivity index (χ0v) is 49.8. The minimum Gasteiger partial charge on any atom is -0.493 e. The highest BCUT2D eigenvalue weighted by molar-refractivity contribution is 6.11. The van der Waals surface area contributed by atoms with Crippen molar-refractivity contribution >= 4 is 55.6 Å². The van der Waals surface area contributed by atoms with Crippen LogP contribution in [-0.4, -0.2) is 39.6 Å². The Balaban J connectivity index is 1.62. The van der Waals surface area contributed by atoms with E-state index in [1.54, 1.807) is 0 Å². The quantitative estimate of drug-likeness (QED) is 0.0213. The topological polar surface area (TPSA) is 103 Å². The van der Waals surface area contributed by atoms with Crippen LogP contribution in [0.2, 0.25) is 0 Å². The van der Waals surface area contributed by atoms with Crippen molar-refractivity contribution in [3.05, 3.63) is 107 Å². The van der Waals surface area contributed by atoms with Crippen LogP contribution in [0.25, 0.3) is 55.6 Å². The first kappa shape index (κ1) is 62.6. The van der Waals surface area contributed by atoms with E-state index in [0.717, 1.165) is 209 Å². The van der Waals surface area contributed by atoms with Gasteiger partial charge in [0.1, 0.15) is 34.5 Å². The molecule has 0 aromatic heterocycles. The molecule has 0 N–H and O–H groups in total. The van der Waals surface area contributed by atoms with Crippen molar-refractivity contribution in [1.29, 1.82) is 10.5 Å². The van der Waals surface area contributed by atoms with E-state index in [0.29, 0.717) is 84.9 Å². The zero-order valence-electron chi connectivity index (χ0n) is 49.8. The van der Waals surface area contributed by atoms with Gasteiger partial charge in [-0.25, -0.2) is 0 Å². The third-order valence-electron chi connectivity index (χ3n) is 15.0. The predicted octanol–water partition coefficient (Wildman–Crippen LogP) is 21.0. The molecule has 6 aromatic rings. The fraction of sp³-hybridized carbons (Fsp3) is 0.500. The number of allylic oxidation sites excluding steroid dienone is 2. The Morgan fingerprint density at radius 3 is 0.925 bits per heavy atom. The Morgan fingerprint density at radius 1 is 0.338 bits per heavy atom. The third-order valence-corrected chi connectivity index (χ3v) is 15.0. The molecule has 0 heterocycles. The fourth-order valence-corrected chi connectivity index (χ4v) is 10.4. The number of ether oxygens (including phenoxy) is 6. The van der Waals surface area contributed by atoms with Crippen LogP contribution >= 0.6 is 0 Å². The van der Waals surface area contributed by atoms with E-state index in [-0.39, 0.29) is 0 Å². The van der Waals surface area contributed by atoms with Crippen LogP contribution in [-0.2, 0) is 0 Å². The summed E-state index contributed by atoms with van der Waals surface area (Å²) in [5.41, 5.74) is 3.82. The summed E-state index contributed by atoms with van der Waals surface area (Å²) in [5, 5.41) is 28.3. The zero-order chi connectivity index (χ0) is 56.6. The molecule has 0 atom stereocenters. The van der Waals surface area contributed by atoms with Gasteiger partial charge in [-0.05, 0) is 86.1 Å². The van der Waals surface area contributed by atoms with Crippen LogP contribution < -0.4 is 28.4 Å². The van der Waals surface area contributed by atoms with Gasteiger partial charge in [-0.1, -0.05) is 218 Å². The normalized spacial score (nSPS) is 11.8. The smallest absolute Gasteiger partial charge is 0.135 e. The molecule has 0 aliphatic carbocycles. The molecule has 6 rings (SSSR count). The molecule has 0 aliphatic heterocycles. The summed E-state index contributed by atoms with van der Waals surface area (Å²) in [6.45, 7) is 16.6. The lowest BCUT2D eigenvalue weighted by Crippen LogP contribution is -2.04.